The van der Waals surface area contributed by atoms with Gasteiger partial charge in [0.2, 0.25) is 5.91 Å². The van der Waals surface area contributed by atoms with E-state index in [0.29, 0.717) is 59.3 Å². The minimum absolute atomic E-state index is 0.142. The van der Waals surface area contributed by atoms with Crippen LogP contribution in [0.2, 0.25) is 10.0 Å². The second kappa shape index (κ2) is 10.2. The van der Waals surface area contributed by atoms with E-state index in [-0.39, 0.29) is 17.7 Å². The summed E-state index contributed by atoms with van der Waals surface area (Å²) < 4.78 is 1.66. The van der Waals surface area contributed by atoms with Crippen LogP contribution in [-0.2, 0) is 11.3 Å². The first-order chi connectivity index (χ1) is 15.9. The number of amides is 3. The molecule has 33 heavy (non-hydrogen) atoms. The van der Waals surface area contributed by atoms with E-state index < -0.39 is 0 Å². The molecule has 4 rings (SSSR count). The zero-order chi connectivity index (χ0) is 23.4. The monoisotopic (exact) mass is 484 g/mol. The molecule has 1 aromatic heterocycles. The third-order valence-electron chi connectivity index (χ3n) is 5.45. The van der Waals surface area contributed by atoms with Gasteiger partial charge < -0.3 is 5.32 Å². The molecule has 0 radical (unpaired) electrons. The van der Waals surface area contributed by atoms with Crippen molar-refractivity contribution in [3.8, 4) is 0 Å². The highest BCUT2D eigenvalue weighted by atomic mass is 35.5. The van der Waals surface area contributed by atoms with Gasteiger partial charge in [-0.1, -0.05) is 47.8 Å². The number of carbonyl (C=O) groups is 3. The highest BCUT2D eigenvalue weighted by molar-refractivity contribution is 6.36. The second-order valence-corrected chi connectivity index (χ2v) is 8.58. The van der Waals surface area contributed by atoms with Crippen molar-refractivity contribution in [1.29, 1.82) is 0 Å². The number of rotatable bonds is 9. The highest BCUT2D eigenvalue weighted by Crippen LogP contribution is 2.25. The first-order valence-electron chi connectivity index (χ1n) is 10.7. The quantitative estimate of drug-likeness (QED) is 0.340. The fraction of sp³-hybridized carbons (Fsp3) is 0.250. The lowest BCUT2D eigenvalue weighted by Crippen LogP contribution is -2.30. The lowest BCUT2D eigenvalue weighted by molar-refractivity contribution is -0.116. The van der Waals surface area contributed by atoms with E-state index in [1.807, 2.05) is 0 Å². The van der Waals surface area contributed by atoms with Gasteiger partial charge in [0.05, 0.1) is 17.7 Å². The summed E-state index contributed by atoms with van der Waals surface area (Å²) in [6.07, 6.45) is 4.08. The number of unbranched alkanes of at least 4 members (excludes halogenated alkanes) is 2. The largest absolute Gasteiger partial charge is 0.309 e. The van der Waals surface area contributed by atoms with E-state index in [1.165, 1.54) is 4.90 Å². The third-order valence-corrected chi connectivity index (χ3v) is 6.16. The van der Waals surface area contributed by atoms with Crippen molar-refractivity contribution >= 4 is 46.7 Å². The first kappa shape index (κ1) is 23.0. The zero-order valence-electron chi connectivity index (χ0n) is 17.8. The average molecular weight is 485 g/mol. The molecule has 0 bridgehead atoms. The number of hydrogen-bond acceptors (Lipinski definition) is 4. The number of anilines is 1. The summed E-state index contributed by atoms with van der Waals surface area (Å²) in [6, 6.07) is 13.9. The average Bonchev–Trinajstić information content (AvgIpc) is 3.33. The van der Waals surface area contributed by atoms with Gasteiger partial charge in [-0.2, -0.15) is 5.10 Å². The van der Waals surface area contributed by atoms with Crippen molar-refractivity contribution in [2.75, 3.05) is 11.9 Å². The molecule has 0 unspecified atom stereocenters. The van der Waals surface area contributed by atoms with Gasteiger partial charge in [-0.3, -0.25) is 24.0 Å². The molecule has 0 saturated heterocycles. The number of imide groups is 1. The van der Waals surface area contributed by atoms with E-state index in [9.17, 15) is 14.4 Å². The molecule has 0 aliphatic carbocycles. The molecule has 9 heteroatoms. The Bertz CT molecular complexity index is 1150. The van der Waals surface area contributed by atoms with Crippen LogP contribution < -0.4 is 5.32 Å². The van der Waals surface area contributed by atoms with Gasteiger partial charge in [0.1, 0.15) is 0 Å². The Kier molecular flexibility index (Phi) is 7.11. The van der Waals surface area contributed by atoms with Crippen LogP contribution in [0.5, 0.6) is 0 Å². The lowest BCUT2D eigenvalue weighted by Gasteiger charge is -2.13. The molecule has 1 N–H and O–H groups in total. The Hall–Kier alpha value is -3.16. The fourth-order valence-corrected chi connectivity index (χ4v) is 4.26. The van der Waals surface area contributed by atoms with Gasteiger partial charge in [0, 0.05) is 40.8 Å². The van der Waals surface area contributed by atoms with Crippen molar-refractivity contribution in [3.05, 3.63) is 81.5 Å². The van der Waals surface area contributed by atoms with Crippen LogP contribution in [0.3, 0.4) is 0 Å². The number of halogens is 2. The number of carbonyl (C=O) groups excluding carboxylic acids is 3. The maximum absolute atomic E-state index is 12.4. The normalized spacial score (nSPS) is 12.8. The summed E-state index contributed by atoms with van der Waals surface area (Å²) in [5, 5.41) is 8.25. The number of hydrogen-bond donors (Lipinski definition) is 1. The number of nitrogens with one attached hydrogen (secondary N) is 1. The SMILES string of the molecule is O=C(CCCCCN1C(=O)c2ccccc2C1=O)Nc1ccn(Cc2c(Cl)cccc2Cl)n1. The number of benzene rings is 2. The Labute approximate surface area is 201 Å². The van der Waals surface area contributed by atoms with E-state index in [0.717, 1.165) is 12.0 Å². The number of nitrogens with zero attached hydrogens (tertiary/aromatic N) is 3. The number of fused-ring (bicyclic) bond motifs is 1. The molecular weight excluding hydrogens is 463 g/mol. The van der Waals surface area contributed by atoms with Gasteiger partial charge >= 0.3 is 0 Å². The predicted octanol–water partition coefficient (Wildman–Crippen LogP) is 5.03. The van der Waals surface area contributed by atoms with E-state index in [1.54, 1.807) is 59.4 Å². The Balaban J connectivity index is 1.19. The molecule has 0 atom stereocenters. The van der Waals surface area contributed by atoms with Crippen molar-refractivity contribution in [2.45, 2.75) is 32.2 Å². The molecule has 0 saturated carbocycles. The summed E-state index contributed by atoms with van der Waals surface area (Å²) in [4.78, 5) is 38.2. The summed E-state index contributed by atoms with van der Waals surface area (Å²) in [6.45, 7) is 0.745. The van der Waals surface area contributed by atoms with Gasteiger partial charge in [0.15, 0.2) is 5.82 Å². The Morgan fingerprint density at radius 3 is 2.21 bits per heavy atom. The second-order valence-electron chi connectivity index (χ2n) is 7.77. The van der Waals surface area contributed by atoms with Crippen LogP contribution in [0.25, 0.3) is 0 Å². The maximum Gasteiger partial charge on any atom is 0.261 e. The molecule has 2 aromatic carbocycles. The minimum atomic E-state index is -0.248. The minimum Gasteiger partial charge on any atom is -0.309 e. The highest BCUT2D eigenvalue weighted by Gasteiger charge is 2.34. The molecule has 7 nitrogen and oxygen atoms in total. The predicted molar refractivity (Wildman–Crippen MR) is 127 cm³/mol. The molecule has 2 heterocycles. The molecule has 3 aromatic rings. The van der Waals surface area contributed by atoms with Crippen LogP contribution >= 0.6 is 23.2 Å². The van der Waals surface area contributed by atoms with E-state index >= 15 is 0 Å². The molecule has 1 aliphatic heterocycles. The maximum atomic E-state index is 12.4. The first-order valence-corrected chi connectivity index (χ1v) is 11.4. The smallest absolute Gasteiger partial charge is 0.261 e. The van der Waals surface area contributed by atoms with Gasteiger partial charge in [-0.05, 0) is 37.1 Å². The van der Waals surface area contributed by atoms with Crippen molar-refractivity contribution in [1.82, 2.24) is 14.7 Å². The van der Waals surface area contributed by atoms with Crippen LogP contribution in [0.1, 0.15) is 52.0 Å². The van der Waals surface area contributed by atoms with Crippen molar-refractivity contribution in [3.63, 3.8) is 0 Å². The zero-order valence-corrected chi connectivity index (χ0v) is 19.3. The van der Waals surface area contributed by atoms with E-state index in [2.05, 4.69) is 10.4 Å². The van der Waals surface area contributed by atoms with Crippen LogP contribution in [0.4, 0.5) is 5.82 Å². The lowest BCUT2D eigenvalue weighted by atomic mass is 10.1. The molecule has 3 amide bonds. The Morgan fingerprint density at radius 2 is 1.55 bits per heavy atom. The molecule has 170 valence electrons. The summed E-state index contributed by atoms with van der Waals surface area (Å²) in [5.74, 6) is -0.185. The fourth-order valence-electron chi connectivity index (χ4n) is 3.74. The summed E-state index contributed by atoms with van der Waals surface area (Å²) >= 11 is 12.4. The standard InChI is InChI=1S/C24H22Cl2N4O3/c25-19-9-6-10-20(26)18(19)15-29-14-12-21(28-29)27-22(31)11-2-1-5-13-30-23(32)16-7-3-4-8-17(16)24(30)33/h3-4,6-10,12,14H,1-2,5,11,13,15H2,(H,27,28,31). The van der Waals surface area contributed by atoms with E-state index in [4.69, 9.17) is 23.2 Å². The molecule has 0 fully saturated rings. The third kappa shape index (κ3) is 5.26. The van der Waals surface area contributed by atoms with Crippen molar-refractivity contribution in [2.24, 2.45) is 0 Å². The number of aromatic nitrogens is 2. The van der Waals surface area contributed by atoms with Crippen LogP contribution in [0.15, 0.2) is 54.7 Å². The summed E-state index contributed by atoms with van der Waals surface area (Å²) in [7, 11) is 0. The molecule has 1 aliphatic rings. The van der Waals surface area contributed by atoms with Gasteiger partial charge in [-0.25, -0.2) is 0 Å². The topological polar surface area (TPSA) is 84.3 Å². The molecule has 0 spiro atoms. The van der Waals surface area contributed by atoms with Gasteiger partial charge in [-0.15, -0.1) is 0 Å². The van der Waals surface area contributed by atoms with Crippen LogP contribution in [0, 0.1) is 0 Å². The van der Waals surface area contributed by atoms with Crippen molar-refractivity contribution < 1.29 is 14.4 Å². The Morgan fingerprint density at radius 1 is 0.879 bits per heavy atom. The summed E-state index contributed by atoms with van der Waals surface area (Å²) in [5.41, 5.74) is 1.68. The molecular formula is C24H22Cl2N4O3. The van der Waals surface area contributed by atoms with Crippen LogP contribution in [-0.4, -0.2) is 38.9 Å². The van der Waals surface area contributed by atoms with Gasteiger partial charge in [0.25, 0.3) is 11.8 Å².